The first-order valence-electron chi connectivity index (χ1n) is 6.05. The Kier molecular flexibility index (Phi) is 2.97. The van der Waals surface area contributed by atoms with Crippen LogP contribution in [0.15, 0.2) is 29.0 Å². The predicted molar refractivity (Wildman–Crippen MR) is 62.7 cm³/mol. The topological polar surface area (TPSA) is 63.8 Å². The lowest BCUT2D eigenvalue weighted by molar-refractivity contribution is -0.191. The van der Waals surface area contributed by atoms with E-state index in [1.54, 1.807) is 18.3 Å². The molecular formula is C12H11F3N4O. The fourth-order valence-corrected chi connectivity index (χ4v) is 2.27. The fourth-order valence-electron chi connectivity index (χ4n) is 2.27. The van der Waals surface area contributed by atoms with E-state index in [0.29, 0.717) is 5.56 Å². The zero-order chi connectivity index (χ0) is 14.2. The third kappa shape index (κ3) is 1.96. The van der Waals surface area contributed by atoms with Crippen LogP contribution < -0.4 is 5.32 Å². The summed E-state index contributed by atoms with van der Waals surface area (Å²) in [6, 6.07) is 3.32. The molecule has 1 aliphatic heterocycles. The maximum atomic E-state index is 13.3. The molecule has 1 fully saturated rings. The van der Waals surface area contributed by atoms with Crippen molar-refractivity contribution >= 4 is 0 Å². The van der Waals surface area contributed by atoms with Crippen molar-refractivity contribution in [3.8, 4) is 11.4 Å². The van der Waals surface area contributed by atoms with E-state index < -0.39 is 17.5 Å². The normalized spacial score (nSPS) is 23.1. The first kappa shape index (κ1) is 13.0. The second-order valence-electron chi connectivity index (χ2n) is 4.67. The van der Waals surface area contributed by atoms with Gasteiger partial charge in [-0.1, -0.05) is 5.16 Å². The second-order valence-corrected chi connectivity index (χ2v) is 4.67. The summed E-state index contributed by atoms with van der Waals surface area (Å²) in [6.07, 6.45) is -1.51. The molecule has 5 nitrogen and oxygen atoms in total. The molecule has 0 unspecified atom stereocenters. The van der Waals surface area contributed by atoms with Crippen molar-refractivity contribution in [2.24, 2.45) is 0 Å². The van der Waals surface area contributed by atoms with Gasteiger partial charge in [0.15, 0.2) is 5.41 Å². The van der Waals surface area contributed by atoms with Crippen molar-refractivity contribution in [1.29, 1.82) is 0 Å². The molecule has 1 N–H and O–H groups in total. The Balaban J connectivity index is 2.01. The molecule has 2 aromatic heterocycles. The van der Waals surface area contributed by atoms with E-state index in [-0.39, 0.29) is 25.3 Å². The molecule has 0 radical (unpaired) electrons. The first-order chi connectivity index (χ1) is 9.53. The van der Waals surface area contributed by atoms with Crippen LogP contribution >= 0.6 is 0 Å². The molecule has 0 spiro atoms. The van der Waals surface area contributed by atoms with Gasteiger partial charge in [0.25, 0.3) is 0 Å². The van der Waals surface area contributed by atoms with Crippen molar-refractivity contribution in [3.05, 3.63) is 30.4 Å². The molecule has 106 valence electrons. The summed E-state index contributed by atoms with van der Waals surface area (Å²) in [6.45, 7) is 0.0231. The summed E-state index contributed by atoms with van der Waals surface area (Å²) in [7, 11) is 0. The number of hydrogen-bond donors (Lipinski definition) is 1. The van der Waals surface area contributed by atoms with Crippen molar-refractivity contribution < 1.29 is 17.7 Å². The molecule has 0 amide bonds. The monoisotopic (exact) mass is 284 g/mol. The zero-order valence-corrected chi connectivity index (χ0v) is 10.3. The average molecular weight is 284 g/mol. The van der Waals surface area contributed by atoms with Crippen molar-refractivity contribution in [3.63, 3.8) is 0 Å². The number of pyridine rings is 1. The van der Waals surface area contributed by atoms with Gasteiger partial charge in [-0.2, -0.15) is 18.2 Å². The van der Waals surface area contributed by atoms with Gasteiger partial charge in [0.1, 0.15) is 0 Å². The molecule has 0 aromatic carbocycles. The highest BCUT2D eigenvalue weighted by Gasteiger charge is 2.61. The van der Waals surface area contributed by atoms with Crippen molar-refractivity contribution in [2.75, 3.05) is 13.1 Å². The molecule has 3 heterocycles. The van der Waals surface area contributed by atoms with Gasteiger partial charge in [0, 0.05) is 24.5 Å². The Morgan fingerprint density at radius 1 is 1.35 bits per heavy atom. The van der Waals surface area contributed by atoms with E-state index in [1.807, 2.05) is 0 Å². The Morgan fingerprint density at radius 2 is 2.20 bits per heavy atom. The predicted octanol–water partition coefficient (Wildman–Crippen LogP) is 1.92. The summed E-state index contributed by atoms with van der Waals surface area (Å²) in [5, 5.41) is 6.34. The van der Waals surface area contributed by atoms with Gasteiger partial charge in [0.2, 0.25) is 11.7 Å². The summed E-state index contributed by atoms with van der Waals surface area (Å²) in [5.41, 5.74) is -1.58. The maximum absolute atomic E-state index is 13.3. The fraction of sp³-hybridized carbons (Fsp3) is 0.417. The molecule has 3 rings (SSSR count). The highest BCUT2D eigenvalue weighted by molar-refractivity contribution is 5.52. The summed E-state index contributed by atoms with van der Waals surface area (Å²) >= 11 is 0. The molecule has 8 heteroatoms. The smallest absolute Gasteiger partial charge is 0.338 e. The van der Waals surface area contributed by atoms with E-state index in [9.17, 15) is 13.2 Å². The van der Waals surface area contributed by atoms with Crippen LogP contribution in [-0.2, 0) is 5.41 Å². The number of nitrogens with zero attached hydrogens (tertiary/aromatic N) is 3. The maximum Gasteiger partial charge on any atom is 0.404 e. The highest BCUT2D eigenvalue weighted by atomic mass is 19.4. The minimum absolute atomic E-state index is 0.106. The van der Waals surface area contributed by atoms with Crippen LogP contribution in [0, 0.1) is 0 Å². The Labute approximate surface area is 112 Å². The Hall–Kier alpha value is -1.96. The quantitative estimate of drug-likeness (QED) is 0.912. The lowest BCUT2D eigenvalue weighted by Crippen LogP contribution is -2.44. The second kappa shape index (κ2) is 4.55. The molecular weight excluding hydrogens is 273 g/mol. The SMILES string of the molecule is FC(F)(F)[C@]1(c2nc(-c3cccnc3)no2)CCNC1. The standard InChI is InChI=1S/C12H11F3N4O/c13-12(14,15)11(3-5-17-7-11)10-18-9(19-20-10)8-2-1-4-16-6-8/h1-2,4,6,17H,3,5,7H2/t11-/m1/s1. The molecule has 1 saturated heterocycles. The minimum atomic E-state index is -4.44. The van der Waals surface area contributed by atoms with Gasteiger partial charge in [0.05, 0.1) is 0 Å². The lowest BCUT2D eigenvalue weighted by Gasteiger charge is -2.26. The molecule has 0 bridgehead atoms. The lowest BCUT2D eigenvalue weighted by atomic mass is 9.86. The number of alkyl halides is 3. The average Bonchev–Trinajstić information content (AvgIpc) is 3.09. The van der Waals surface area contributed by atoms with E-state index in [1.165, 1.54) is 6.20 Å². The third-order valence-corrected chi connectivity index (χ3v) is 3.45. The number of hydrogen-bond acceptors (Lipinski definition) is 5. The van der Waals surface area contributed by atoms with Gasteiger partial charge < -0.3 is 9.84 Å². The Morgan fingerprint density at radius 3 is 2.80 bits per heavy atom. The van der Waals surface area contributed by atoms with Crippen LogP contribution in [0.3, 0.4) is 0 Å². The van der Waals surface area contributed by atoms with Crippen molar-refractivity contribution in [2.45, 2.75) is 18.0 Å². The molecule has 1 aliphatic rings. The number of aromatic nitrogens is 3. The van der Waals surface area contributed by atoms with E-state index in [0.717, 1.165) is 0 Å². The third-order valence-electron chi connectivity index (χ3n) is 3.45. The van der Waals surface area contributed by atoms with Crippen LogP contribution in [0.5, 0.6) is 0 Å². The Bertz CT molecular complexity index is 590. The van der Waals surface area contributed by atoms with Crippen LogP contribution in [0.1, 0.15) is 12.3 Å². The van der Waals surface area contributed by atoms with Crippen LogP contribution in [0.2, 0.25) is 0 Å². The van der Waals surface area contributed by atoms with Gasteiger partial charge in [-0.15, -0.1) is 0 Å². The van der Waals surface area contributed by atoms with E-state index >= 15 is 0 Å². The van der Waals surface area contributed by atoms with E-state index in [4.69, 9.17) is 4.52 Å². The van der Waals surface area contributed by atoms with Crippen molar-refractivity contribution in [1.82, 2.24) is 20.4 Å². The van der Waals surface area contributed by atoms with Crippen LogP contribution in [0.4, 0.5) is 13.2 Å². The van der Waals surface area contributed by atoms with Gasteiger partial charge in [-0.25, -0.2) is 0 Å². The van der Waals surface area contributed by atoms with Gasteiger partial charge in [-0.3, -0.25) is 4.98 Å². The van der Waals surface area contributed by atoms with Crippen LogP contribution in [0.25, 0.3) is 11.4 Å². The number of rotatable bonds is 2. The van der Waals surface area contributed by atoms with Gasteiger partial charge >= 0.3 is 6.18 Å². The summed E-state index contributed by atoms with van der Waals surface area (Å²) < 4.78 is 44.9. The summed E-state index contributed by atoms with van der Waals surface area (Å²) in [4.78, 5) is 7.80. The zero-order valence-electron chi connectivity index (χ0n) is 10.3. The molecule has 0 aliphatic carbocycles. The molecule has 20 heavy (non-hydrogen) atoms. The highest BCUT2D eigenvalue weighted by Crippen LogP contribution is 2.44. The van der Waals surface area contributed by atoms with Crippen LogP contribution in [-0.4, -0.2) is 34.4 Å². The summed E-state index contributed by atoms with van der Waals surface area (Å²) in [5.74, 6) is -0.280. The minimum Gasteiger partial charge on any atom is -0.338 e. The molecule has 0 saturated carbocycles. The van der Waals surface area contributed by atoms with Gasteiger partial charge in [-0.05, 0) is 25.1 Å². The number of nitrogens with one attached hydrogen (secondary N) is 1. The first-order valence-corrected chi connectivity index (χ1v) is 6.05. The molecule has 1 atom stereocenters. The van der Waals surface area contributed by atoms with E-state index in [2.05, 4.69) is 20.4 Å². The number of halogens is 3. The largest absolute Gasteiger partial charge is 0.404 e. The molecule has 2 aromatic rings.